The van der Waals surface area contributed by atoms with E-state index in [1.165, 1.54) is 31.7 Å². The van der Waals surface area contributed by atoms with Crippen molar-refractivity contribution in [1.82, 2.24) is 4.90 Å². The fourth-order valence-electron chi connectivity index (χ4n) is 2.74. The van der Waals surface area contributed by atoms with Gasteiger partial charge in [0.1, 0.15) is 5.82 Å². The molecule has 1 aromatic carbocycles. The Labute approximate surface area is 115 Å². The highest BCUT2D eigenvalue weighted by atomic mass is 19.1. The smallest absolute Gasteiger partial charge is 0.128 e. The van der Waals surface area contributed by atoms with Crippen LogP contribution in [0.25, 0.3) is 0 Å². The van der Waals surface area contributed by atoms with Crippen LogP contribution in [-0.2, 0) is 0 Å². The van der Waals surface area contributed by atoms with Gasteiger partial charge in [-0.05, 0) is 44.5 Å². The van der Waals surface area contributed by atoms with Gasteiger partial charge < -0.3 is 16.0 Å². The number of hydrogen-bond donors (Lipinski definition) is 2. The maximum Gasteiger partial charge on any atom is 0.128 e. The van der Waals surface area contributed by atoms with Crippen molar-refractivity contribution in [1.29, 1.82) is 0 Å². The van der Waals surface area contributed by atoms with Crippen LogP contribution >= 0.6 is 0 Å². The van der Waals surface area contributed by atoms with Gasteiger partial charge in [0, 0.05) is 19.1 Å². The number of anilines is 2. The van der Waals surface area contributed by atoms with Crippen LogP contribution in [0, 0.1) is 12.7 Å². The Morgan fingerprint density at radius 2 is 2.05 bits per heavy atom. The van der Waals surface area contributed by atoms with Crippen LogP contribution in [0.2, 0.25) is 0 Å². The van der Waals surface area contributed by atoms with Crippen molar-refractivity contribution < 1.29 is 4.39 Å². The van der Waals surface area contributed by atoms with Crippen LogP contribution in [0.3, 0.4) is 0 Å². The quantitative estimate of drug-likeness (QED) is 0.804. The number of benzene rings is 1. The third-order valence-corrected chi connectivity index (χ3v) is 4.06. The van der Waals surface area contributed by atoms with E-state index in [0.717, 1.165) is 24.8 Å². The number of likely N-dealkylation sites (N-methyl/N-ethyl adjacent to an activating group) is 1. The van der Waals surface area contributed by atoms with E-state index in [2.05, 4.69) is 17.3 Å². The van der Waals surface area contributed by atoms with Crippen molar-refractivity contribution in [3.8, 4) is 0 Å². The van der Waals surface area contributed by atoms with Gasteiger partial charge in [-0.3, -0.25) is 0 Å². The Hall–Kier alpha value is -1.29. The second-order valence-corrected chi connectivity index (χ2v) is 5.53. The number of nitrogens with two attached hydrogens (primary N) is 1. The topological polar surface area (TPSA) is 41.3 Å². The molecule has 106 valence electrons. The molecule has 2 rings (SSSR count). The molecular weight excluding hydrogens is 241 g/mol. The summed E-state index contributed by atoms with van der Waals surface area (Å²) in [5, 5.41) is 3.30. The summed E-state index contributed by atoms with van der Waals surface area (Å²) in [6.07, 6.45) is 5.33. The van der Waals surface area contributed by atoms with Crippen molar-refractivity contribution in [3.05, 3.63) is 23.5 Å². The highest BCUT2D eigenvalue weighted by Gasteiger charge is 2.18. The molecule has 0 saturated heterocycles. The normalized spacial score (nSPS) is 16.2. The Balaban J connectivity index is 1.83. The van der Waals surface area contributed by atoms with Gasteiger partial charge in [0.05, 0.1) is 11.4 Å². The number of nitrogen functional groups attached to an aromatic ring is 1. The Morgan fingerprint density at radius 3 is 2.74 bits per heavy atom. The van der Waals surface area contributed by atoms with E-state index in [4.69, 9.17) is 5.73 Å². The van der Waals surface area contributed by atoms with E-state index in [1.54, 1.807) is 13.0 Å². The van der Waals surface area contributed by atoms with Gasteiger partial charge in [-0.25, -0.2) is 4.39 Å². The van der Waals surface area contributed by atoms with Gasteiger partial charge in [-0.2, -0.15) is 0 Å². The summed E-state index contributed by atoms with van der Waals surface area (Å²) in [6.45, 7) is 3.58. The second-order valence-electron chi connectivity index (χ2n) is 5.53. The molecule has 1 fully saturated rings. The fourth-order valence-corrected chi connectivity index (χ4v) is 2.74. The van der Waals surface area contributed by atoms with Crippen LogP contribution in [0.1, 0.15) is 31.2 Å². The number of nitrogens with zero attached hydrogens (tertiary/aromatic N) is 1. The SMILES string of the molecule is Cc1cc(NCCN(C)C2CCCC2)c(N)cc1F. The number of aryl methyl sites for hydroxylation is 1. The minimum absolute atomic E-state index is 0.244. The minimum atomic E-state index is -0.244. The summed E-state index contributed by atoms with van der Waals surface area (Å²) >= 11 is 0. The monoisotopic (exact) mass is 265 g/mol. The molecule has 4 heteroatoms. The Morgan fingerprint density at radius 1 is 1.37 bits per heavy atom. The van der Waals surface area contributed by atoms with Crippen LogP contribution in [0.15, 0.2) is 12.1 Å². The first-order valence-electron chi connectivity index (χ1n) is 7.07. The van der Waals surface area contributed by atoms with Crippen LogP contribution < -0.4 is 11.1 Å². The third-order valence-electron chi connectivity index (χ3n) is 4.06. The van der Waals surface area contributed by atoms with Crippen LogP contribution in [0.5, 0.6) is 0 Å². The van der Waals surface area contributed by atoms with Gasteiger partial charge >= 0.3 is 0 Å². The lowest BCUT2D eigenvalue weighted by Crippen LogP contribution is -2.33. The van der Waals surface area contributed by atoms with Crippen molar-refractivity contribution >= 4 is 11.4 Å². The zero-order chi connectivity index (χ0) is 13.8. The predicted octanol–water partition coefficient (Wildman–Crippen LogP) is 3.00. The summed E-state index contributed by atoms with van der Waals surface area (Å²) in [4.78, 5) is 2.41. The van der Waals surface area contributed by atoms with E-state index in [1.807, 2.05) is 0 Å². The lowest BCUT2D eigenvalue weighted by atomic mass is 10.2. The van der Waals surface area contributed by atoms with E-state index >= 15 is 0 Å². The molecular formula is C15H24FN3. The first kappa shape index (κ1) is 14.1. The van der Waals surface area contributed by atoms with Crippen molar-refractivity contribution in [3.63, 3.8) is 0 Å². The molecule has 1 aliphatic rings. The molecule has 1 aliphatic carbocycles. The lowest BCUT2D eigenvalue weighted by Gasteiger charge is -2.24. The van der Waals surface area contributed by atoms with Gasteiger partial charge in [-0.15, -0.1) is 0 Å². The molecule has 0 unspecified atom stereocenters. The molecule has 0 heterocycles. The summed E-state index contributed by atoms with van der Waals surface area (Å²) < 4.78 is 13.3. The Bertz CT molecular complexity index is 428. The van der Waals surface area contributed by atoms with Crippen LogP contribution in [-0.4, -0.2) is 31.1 Å². The number of nitrogens with one attached hydrogen (secondary N) is 1. The van der Waals surface area contributed by atoms with Crippen molar-refractivity contribution in [2.24, 2.45) is 0 Å². The molecule has 0 radical (unpaired) electrons. The molecule has 19 heavy (non-hydrogen) atoms. The predicted molar refractivity (Wildman–Crippen MR) is 78.9 cm³/mol. The molecule has 0 atom stereocenters. The maximum atomic E-state index is 13.3. The molecule has 0 amide bonds. The van der Waals surface area contributed by atoms with Gasteiger partial charge in [-0.1, -0.05) is 12.8 Å². The molecule has 0 aliphatic heterocycles. The summed E-state index contributed by atoms with van der Waals surface area (Å²) in [6, 6.07) is 3.90. The molecule has 1 aromatic rings. The van der Waals surface area contributed by atoms with E-state index in [9.17, 15) is 4.39 Å². The number of rotatable bonds is 5. The Kier molecular flexibility index (Phi) is 4.64. The molecule has 3 nitrogen and oxygen atoms in total. The average Bonchev–Trinajstić information content (AvgIpc) is 2.89. The molecule has 0 bridgehead atoms. The summed E-state index contributed by atoms with van der Waals surface area (Å²) in [5.74, 6) is -0.244. The average molecular weight is 265 g/mol. The van der Waals surface area contributed by atoms with E-state index < -0.39 is 0 Å². The second kappa shape index (κ2) is 6.24. The maximum absolute atomic E-state index is 13.3. The van der Waals surface area contributed by atoms with Crippen molar-refractivity contribution in [2.45, 2.75) is 38.6 Å². The molecule has 1 saturated carbocycles. The van der Waals surface area contributed by atoms with E-state index in [0.29, 0.717) is 11.3 Å². The van der Waals surface area contributed by atoms with E-state index in [-0.39, 0.29) is 5.82 Å². The summed E-state index contributed by atoms with van der Waals surface area (Å²) in [5.41, 5.74) is 7.75. The zero-order valence-electron chi connectivity index (χ0n) is 11.9. The molecule has 3 N–H and O–H groups in total. The molecule has 0 spiro atoms. The standard InChI is InChI=1S/C15H24FN3/c1-11-9-15(14(17)10-13(11)16)18-7-8-19(2)12-5-3-4-6-12/h9-10,12,18H,3-8,17H2,1-2H3. The first-order valence-corrected chi connectivity index (χ1v) is 7.07. The summed E-state index contributed by atoms with van der Waals surface area (Å²) in [7, 11) is 2.18. The number of hydrogen-bond acceptors (Lipinski definition) is 3. The number of halogens is 1. The zero-order valence-corrected chi connectivity index (χ0v) is 11.9. The van der Waals surface area contributed by atoms with Crippen LogP contribution in [0.4, 0.5) is 15.8 Å². The minimum Gasteiger partial charge on any atom is -0.397 e. The third kappa shape index (κ3) is 3.60. The van der Waals surface area contributed by atoms with Crippen molar-refractivity contribution in [2.75, 3.05) is 31.2 Å². The first-order chi connectivity index (χ1) is 9.08. The van der Waals surface area contributed by atoms with Gasteiger partial charge in [0.15, 0.2) is 0 Å². The highest BCUT2D eigenvalue weighted by Crippen LogP contribution is 2.23. The largest absolute Gasteiger partial charge is 0.397 e. The van der Waals surface area contributed by atoms with Gasteiger partial charge in [0.2, 0.25) is 0 Å². The fraction of sp³-hybridized carbons (Fsp3) is 0.600. The molecule has 0 aromatic heterocycles. The van der Waals surface area contributed by atoms with Gasteiger partial charge in [0.25, 0.3) is 0 Å². The highest BCUT2D eigenvalue weighted by molar-refractivity contribution is 5.67. The lowest BCUT2D eigenvalue weighted by molar-refractivity contribution is 0.254.